The number of nitrogens with one attached hydrogen (secondary N) is 1. The number of rotatable bonds is 4. The van der Waals surface area contributed by atoms with Crippen molar-refractivity contribution < 1.29 is 0 Å². The van der Waals surface area contributed by atoms with Crippen LogP contribution < -0.4 is 0 Å². The molecule has 0 radical (unpaired) electrons. The molecule has 0 atom stereocenters. The van der Waals surface area contributed by atoms with Crippen LogP contribution in [0.1, 0.15) is 0 Å². The number of benzene rings is 1. The molecule has 0 bridgehead atoms. The summed E-state index contributed by atoms with van der Waals surface area (Å²) in [5, 5.41) is 0.957. The van der Waals surface area contributed by atoms with Gasteiger partial charge in [0.05, 0.1) is 11.0 Å². The van der Waals surface area contributed by atoms with Crippen molar-refractivity contribution in [1.82, 2.24) is 9.97 Å². The topological polar surface area (TPSA) is 28.7 Å². The summed E-state index contributed by atoms with van der Waals surface area (Å²) in [6.45, 7) is 3.67. The van der Waals surface area contributed by atoms with E-state index < -0.39 is 0 Å². The normalized spacial score (nSPS) is 10.6. The minimum Gasteiger partial charge on any atom is -0.332 e. The molecular formula is C10H10N2S2. The Morgan fingerprint density at radius 3 is 3.07 bits per heavy atom. The summed E-state index contributed by atoms with van der Waals surface area (Å²) in [5.74, 6) is 0.932. The highest BCUT2D eigenvalue weighted by atomic mass is 33.1. The fraction of sp³-hybridized carbons (Fsp3) is 0.100. The van der Waals surface area contributed by atoms with Crippen molar-refractivity contribution in [2.75, 3.05) is 5.75 Å². The molecule has 0 amide bonds. The Balaban J connectivity index is 2.14. The molecule has 1 aromatic heterocycles. The molecule has 0 fully saturated rings. The van der Waals surface area contributed by atoms with Gasteiger partial charge in [0, 0.05) is 5.75 Å². The van der Waals surface area contributed by atoms with Crippen LogP contribution in [-0.2, 0) is 0 Å². The highest BCUT2D eigenvalue weighted by molar-refractivity contribution is 8.76. The Bertz CT molecular complexity index is 403. The van der Waals surface area contributed by atoms with Gasteiger partial charge in [-0.1, -0.05) is 29.0 Å². The Morgan fingerprint density at radius 2 is 2.29 bits per heavy atom. The summed E-state index contributed by atoms with van der Waals surface area (Å²) >= 11 is 0. The van der Waals surface area contributed by atoms with Gasteiger partial charge in [0.25, 0.3) is 0 Å². The predicted octanol–water partition coefficient (Wildman–Crippen LogP) is 3.49. The maximum atomic E-state index is 4.44. The maximum Gasteiger partial charge on any atom is 0.177 e. The second-order valence-corrected chi connectivity index (χ2v) is 5.05. The lowest BCUT2D eigenvalue weighted by molar-refractivity contribution is 1.09. The lowest BCUT2D eigenvalue weighted by atomic mass is 10.3. The van der Waals surface area contributed by atoms with Crippen LogP contribution in [0.4, 0.5) is 0 Å². The number of nitrogens with zero attached hydrogens (tertiary/aromatic N) is 1. The van der Waals surface area contributed by atoms with Crippen LogP contribution in [0.2, 0.25) is 0 Å². The molecule has 0 aliphatic heterocycles. The van der Waals surface area contributed by atoms with Gasteiger partial charge in [-0.05, 0) is 22.9 Å². The number of imidazole rings is 1. The molecule has 1 aromatic carbocycles. The van der Waals surface area contributed by atoms with Gasteiger partial charge in [-0.25, -0.2) is 4.98 Å². The van der Waals surface area contributed by atoms with Crippen molar-refractivity contribution >= 4 is 32.6 Å². The SMILES string of the molecule is C=CCSSc1nc2ccccc2[nH]1. The third-order valence-corrected chi connectivity index (χ3v) is 3.77. The monoisotopic (exact) mass is 222 g/mol. The first kappa shape index (κ1) is 9.68. The van der Waals surface area contributed by atoms with Gasteiger partial charge >= 0.3 is 0 Å². The molecule has 1 heterocycles. The number of fused-ring (bicyclic) bond motifs is 1. The molecule has 0 saturated carbocycles. The average Bonchev–Trinajstić information content (AvgIpc) is 2.60. The molecule has 0 aliphatic carbocycles. The Labute approximate surface area is 90.6 Å². The van der Waals surface area contributed by atoms with Crippen LogP contribution in [-0.4, -0.2) is 15.7 Å². The minimum atomic E-state index is 0.932. The standard InChI is InChI=1S/C10H10N2S2/c1-2-7-13-14-10-11-8-5-3-4-6-9(8)12-10/h2-6H,1,7H2,(H,11,12). The van der Waals surface area contributed by atoms with Crippen LogP contribution >= 0.6 is 21.6 Å². The minimum absolute atomic E-state index is 0.932. The summed E-state index contributed by atoms with van der Waals surface area (Å²) < 4.78 is 0. The van der Waals surface area contributed by atoms with E-state index in [9.17, 15) is 0 Å². The number of aromatic amines is 1. The van der Waals surface area contributed by atoms with E-state index in [0.29, 0.717) is 0 Å². The number of aromatic nitrogens is 2. The Kier molecular flexibility index (Phi) is 3.16. The van der Waals surface area contributed by atoms with Gasteiger partial charge in [0.15, 0.2) is 5.16 Å². The van der Waals surface area contributed by atoms with Gasteiger partial charge in [-0.15, -0.1) is 6.58 Å². The first-order valence-electron chi connectivity index (χ1n) is 4.25. The number of para-hydroxylation sites is 2. The number of hydrogen-bond donors (Lipinski definition) is 1. The summed E-state index contributed by atoms with van der Waals surface area (Å²) in [7, 11) is 3.38. The second kappa shape index (κ2) is 4.57. The Hall–Kier alpha value is -0.870. The summed E-state index contributed by atoms with van der Waals surface area (Å²) in [6, 6.07) is 8.04. The molecule has 0 spiro atoms. The molecule has 1 N–H and O–H groups in total. The van der Waals surface area contributed by atoms with Crippen molar-refractivity contribution in [1.29, 1.82) is 0 Å². The fourth-order valence-electron chi connectivity index (χ4n) is 1.11. The Morgan fingerprint density at radius 1 is 1.43 bits per heavy atom. The zero-order valence-electron chi connectivity index (χ0n) is 7.56. The molecule has 2 rings (SSSR count). The third-order valence-electron chi connectivity index (χ3n) is 1.69. The van der Waals surface area contributed by atoms with E-state index in [1.807, 2.05) is 30.3 Å². The lowest BCUT2D eigenvalue weighted by Gasteiger charge is -1.90. The fourth-order valence-corrected chi connectivity index (χ4v) is 2.73. The van der Waals surface area contributed by atoms with Crippen LogP contribution in [0.5, 0.6) is 0 Å². The van der Waals surface area contributed by atoms with E-state index >= 15 is 0 Å². The molecule has 0 unspecified atom stereocenters. The van der Waals surface area contributed by atoms with Gasteiger partial charge in [-0.3, -0.25) is 0 Å². The predicted molar refractivity (Wildman–Crippen MR) is 64.6 cm³/mol. The molecule has 2 nitrogen and oxygen atoms in total. The van der Waals surface area contributed by atoms with Crippen molar-refractivity contribution in [3.05, 3.63) is 36.9 Å². The largest absolute Gasteiger partial charge is 0.332 e. The third kappa shape index (κ3) is 2.13. The van der Waals surface area contributed by atoms with Crippen LogP contribution in [0.3, 0.4) is 0 Å². The van der Waals surface area contributed by atoms with Crippen LogP contribution in [0.25, 0.3) is 11.0 Å². The highest BCUT2D eigenvalue weighted by Gasteiger charge is 2.01. The summed E-state index contributed by atoms with van der Waals surface area (Å²) in [4.78, 5) is 7.69. The van der Waals surface area contributed by atoms with E-state index in [4.69, 9.17) is 0 Å². The quantitative estimate of drug-likeness (QED) is 0.487. The lowest BCUT2D eigenvalue weighted by Crippen LogP contribution is -1.70. The van der Waals surface area contributed by atoms with Gasteiger partial charge < -0.3 is 4.98 Å². The highest BCUT2D eigenvalue weighted by Crippen LogP contribution is 2.29. The molecule has 0 saturated heterocycles. The van der Waals surface area contributed by atoms with Gasteiger partial charge in [0.1, 0.15) is 0 Å². The first-order chi connectivity index (χ1) is 6.90. The second-order valence-electron chi connectivity index (χ2n) is 2.72. The summed E-state index contributed by atoms with van der Waals surface area (Å²) in [5.41, 5.74) is 2.11. The molecule has 4 heteroatoms. The van der Waals surface area contributed by atoms with E-state index in [1.54, 1.807) is 21.6 Å². The number of hydrogen-bond acceptors (Lipinski definition) is 3. The van der Waals surface area contributed by atoms with E-state index in [-0.39, 0.29) is 0 Å². The molecule has 14 heavy (non-hydrogen) atoms. The maximum absolute atomic E-state index is 4.44. The zero-order valence-corrected chi connectivity index (χ0v) is 9.20. The van der Waals surface area contributed by atoms with E-state index in [2.05, 4.69) is 16.5 Å². The van der Waals surface area contributed by atoms with E-state index in [0.717, 1.165) is 21.9 Å². The first-order valence-corrected chi connectivity index (χ1v) is 6.57. The van der Waals surface area contributed by atoms with Crippen molar-refractivity contribution in [3.63, 3.8) is 0 Å². The van der Waals surface area contributed by atoms with Crippen molar-refractivity contribution in [2.45, 2.75) is 5.16 Å². The number of H-pyrrole nitrogens is 1. The van der Waals surface area contributed by atoms with Gasteiger partial charge in [0.2, 0.25) is 0 Å². The molecule has 0 aliphatic rings. The average molecular weight is 222 g/mol. The molecular weight excluding hydrogens is 212 g/mol. The zero-order chi connectivity index (χ0) is 9.80. The smallest absolute Gasteiger partial charge is 0.177 e. The van der Waals surface area contributed by atoms with Gasteiger partial charge in [-0.2, -0.15) is 0 Å². The molecule has 2 aromatic rings. The summed E-state index contributed by atoms with van der Waals surface area (Å²) in [6.07, 6.45) is 1.89. The van der Waals surface area contributed by atoms with Crippen LogP contribution in [0.15, 0.2) is 42.1 Å². The van der Waals surface area contributed by atoms with Crippen molar-refractivity contribution in [2.24, 2.45) is 0 Å². The van der Waals surface area contributed by atoms with Crippen LogP contribution in [0, 0.1) is 0 Å². The van der Waals surface area contributed by atoms with Crippen molar-refractivity contribution in [3.8, 4) is 0 Å². The van der Waals surface area contributed by atoms with E-state index in [1.165, 1.54) is 0 Å². The molecule has 72 valence electrons.